The largest absolute Gasteiger partial charge is 0.490 e. The van der Waals surface area contributed by atoms with E-state index in [4.69, 9.17) is 9.47 Å². The molecule has 0 atom stereocenters. The van der Waals surface area contributed by atoms with Gasteiger partial charge >= 0.3 is 0 Å². The molecule has 1 heterocycles. The van der Waals surface area contributed by atoms with Gasteiger partial charge in [-0.3, -0.25) is 9.78 Å². The third-order valence-corrected chi connectivity index (χ3v) is 3.37. The third kappa shape index (κ3) is 5.38. The second kappa shape index (κ2) is 9.08. The molecule has 0 radical (unpaired) electrons. The highest BCUT2D eigenvalue weighted by molar-refractivity contribution is 9.11. The molecule has 2 rings (SSSR count). The number of nitrogens with one attached hydrogen (secondary N) is 1. The minimum Gasteiger partial charge on any atom is -0.490 e. The number of ether oxygens (including phenoxy) is 2. The molecule has 0 aliphatic carbocycles. The van der Waals surface area contributed by atoms with Crippen LogP contribution in [-0.4, -0.2) is 24.0 Å². The van der Waals surface area contributed by atoms with Crippen LogP contribution >= 0.6 is 15.9 Å². The minimum absolute atomic E-state index is 0.197. The number of aromatic nitrogens is 1. The lowest BCUT2D eigenvalue weighted by atomic mass is 10.2. The Bertz CT molecular complexity index is 705. The quantitative estimate of drug-likeness (QED) is 0.746. The number of halogens is 1. The van der Waals surface area contributed by atoms with Crippen LogP contribution in [0.15, 0.2) is 53.8 Å². The van der Waals surface area contributed by atoms with Gasteiger partial charge in [-0.05, 0) is 42.8 Å². The van der Waals surface area contributed by atoms with Crippen LogP contribution in [0.25, 0.3) is 0 Å². The molecule has 0 fully saturated rings. The number of hydrogen-bond acceptors (Lipinski definition) is 4. The van der Waals surface area contributed by atoms with E-state index in [2.05, 4.69) is 32.8 Å². The molecule has 0 aliphatic rings. The maximum absolute atomic E-state index is 12.1. The number of nitrogens with zero attached hydrogens (tertiary/aromatic N) is 1. The van der Waals surface area contributed by atoms with E-state index in [9.17, 15) is 4.79 Å². The fourth-order valence-electron chi connectivity index (χ4n) is 1.96. The molecular weight excluding hydrogens is 372 g/mol. The monoisotopic (exact) mass is 390 g/mol. The predicted molar refractivity (Wildman–Crippen MR) is 96.6 cm³/mol. The van der Waals surface area contributed by atoms with Crippen LogP contribution in [0.4, 0.5) is 0 Å². The second-order valence-electron chi connectivity index (χ2n) is 4.94. The fraction of sp³-hybridized carbons (Fsp3) is 0.222. The van der Waals surface area contributed by atoms with Gasteiger partial charge in [0.05, 0.1) is 6.61 Å². The molecule has 0 saturated heterocycles. The normalized spacial score (nSPS) is 10.1. The summed E-state index contributed by atoms with van der Waals surface area (Å²) in [7, 11) is 0. The lowest BCUT2D eigenvalue weighted by molar-refractivity contribution is 0.0957. The molecular formula is C18H19BrN2O3. The highest BCUT2D eigenvalue weighted by Gasteiger charge is 2.12. The van der Waals surface area contributed by atoms with Crippen molar-refractivity contribution in [1.82, 2.24) is 10.3 Å². The summed E-state index contributed by atoms with van der Waals surface area (Å²) in [6.45, 7) is 6.82. The van der Waals surface area contributed by atoms with E-state index in [0.717, 1.165) is 5.56 Å². The summed E-state index contributed by atoms with van der Waals surface area (Å²) in [6.07, 6.45) is 3.43. The fourth-order valence-corrected chi connectivity index (χ4v) is 2.10. The van der Waals surface area contributed by atoms with Crippen molar-refractivity contribution < 1.29 is 14.3 Å². The van der Waals surface area contributed by atoms with Crippen LogP contribution in [0, 0.1) is 0 Å². The summed E-state index contributed by atoms with van der Waals surface area (Å²) in [5.41, 5.74) is 1.51. The molecule has 0 spiro atoms. The Morgan fingerprint density at radius 1 is 1.21 bits per heavy atom. The van der Waals surface area contributed by atoms with Gasteiger partial charge in [0, 0.05) is 29.0 Å². The number of pyridine rings is 1. The van der Waals surface area contributed by atoms with Gasteiger partial charge in [0.2, 0.25) is 0 Å². The zero-order valence-electron chi connectivity index (χ0n) is 13.4. The van der Waals surface area contributed by atoms with Crippen LogP contribution in [0.1, 0.15) is 22.8 Å². The highest BCUT2D eigenvalue weighted by atomic mass is 79.9. The topological polar surface area (TPSA) is 60.5 Å². The Labute approximate surface area is 149 Å². The Morgan fingerprint density at radius 2 is 1.96 bits per heavy atom. The standard InChI is InChI=1S/C18H19BrN2O3/c1-3-23-17-10-15(18(22)21-11-13(2)19)4-5-16(17)24-12-14-6-8-20-9-7-14/h4-10H,2-3,11-12H2,1H3,(H,21,22). The van der Waals surface area contributed by atoms with E-state index < -0.39 is 0 Å². The SMILES string of the molecule is C=C(Br)CNC(=O)c1ccc(OCc2ccncc2)c(OCC)c1. The first-order valence-corrected chi connectivity index (χ1v) is 8.29. The summed E-state index contributed by atoms with van der Waals surface area (Å²) in [5, 5.41) is 2.76. The molecule has 1 amide bonds. The number of rotatable bonds is 8. The predicted octanol–water partition coefficient (Wildman–Crippen LogP) is 3.70. The van der Waals surface area contributed by atoms with Gasteiger partial charge < -0.3 is 14.8 Å². The first kappa shape index (κ1) is 18.0. The van der Waals surface area contributed by atoms with Crippen molar-refractivity contribution in [3.8, 4) is 11.5 Å². The van der Waals surface area contributed by atoms with Gasteiger partial charge in [0.1, 0.15) is 6.61 Å². The van der Waals surface area contributed by atoms with E-state index in [-0.39, 0.29) is 5.91 Å². The number of benzene rings is 1. The molecule has 2 aromatic rings. The smallest absolute Gasteiger partial charge is 0.251 e. The van der Waals surface area contributed by atoms with Crippen LogP contribution in [0.3, 0.4) is 0 Å². The maximum Gasteiger partial charge on any atom is 0.251 e. The average molecular weight is 391 g/mol. The van der Waals surface area contributed by atoms with Gasteiger partial charge in [0.25, 0.3) is 5.91 Å². The summed E-state index contributed by atoms with van der Waals surface area (Å²) in [6, 6.07) is 8.89. The second-order valence-corrected chi connectivity index (χ2v) is 6.06. The molecule has 1 aromatic carbocycles. The van der Waals surface area contributed by atoms with Crippen LogP contribution in [-0.2, 0) is 6.61 Å². The van der Waals surface area contributed by atoms with Crippen molar-refractivity contribution in [1.29, 1.82) is 0 Å². The maximum atomic E-state index is 12.1. The van der Waals surface area contributed by atoms with Crippen molar-refractivity contribution in [2.24, 2.45) is 0 Å². The summed E-state index contributed by atoms with van der Waals surface area (Å²) in [5.74, 6) is 0.934. The highest BCUT2D eigenvalue weighted by Crippen LogP contribution is 2.29. The molecule has 24 heavy (non-hydrogen) atoms. The molecule has 0 bridgehead atoms. The molecule has 126 valence electrons. The number of carbonyl (C=O) groups is 1. The van der Waals surface area contributed by atoms with Gasteiger partial charge in [-0.25, -0.2) is 0 Å². The zero-order chi connectivity index (χ0) is 17.4. The molecule has 0 unspecified atom stereocenters. The van der Waals surface area contributed by atoms with Crippen LogP contribution in [0.5, 0.6) is 11.5 Å². The molecule has 5 nitrogen and oxygen atoms in total. The Morgan fingerprint density at radius 3 is 2.62 bits per heavy atom. The van der Waals surface area contributed by atoms with Crippen molar-refractivity contribution in [3.63, 3.8) is 0 Å². The summed E-state index contributed by atoms with van der Waals surface area (Å²) < 4.78 is 12.1. The number of amides is 1. The minimum atomic E-state index is -0.197. The van der Waals surface area contributed by atoms with E-state index in [1.54, 1.807) is 30.6 Å². The number of carbonyl (C=O) groups excluding carboxylic acids is 1. The molecule has 0 aliphatic heterocycles. The first-order chi connectivity index (χ1) is 11.6. The van der Waals surface area contributed by atoms with E-state index >= 15 is 0 Å². The van der Waals surface area contributed by atoms with E-state index in [1.165, 1.54) is 0 Å². The first-order valence-electron chi connectivity index (χ1n) is 7.50. The van der Waals surface area contributed by atoms with Gasteiger partial charge in [-0.1, -0.05) is 22.5 Å². The van der Waals surface area contributed by atoms with Crippen molar-refractivity contribution in [2.75, 3.05) is 13.2 Å². The van der Waals surface area contributed by atoms with Crippen LogP contribution < -0.4 is 14.8 Å². The molecule has 6 heteroatoms. The van der Waals surface area contributed by atoms with Crippen molar-refractivity contribution in [2.45, 2.75) is 13.5 Å². The molecule has 1 N–H and O–H groups in total. The zero-order valence-corrected chi connectivity index (χ0v) is 15.0. The van der Waals surface area contributed by atoms with Crippen molar-refractivity contribution >= 4 is 21.8 Å². The molecule has 1 aromatic heterocycles. The van der Waals surface area contributed by atoms with Gasteiger partial charge in [-0.2, -0.15) is 0 Å². The molecule has 0 saturated carbocycles. The third-order valence-electron chi connectivity index (χ3n) is 3.09. The average Bonchev–Trinajstić information content (AvgIpc) is 2.59. The van der Waals surface area contributed by atoms with E-state index in [0.29, 0.717) is 41.3 Å². The van der Waals surface area contributed by atoms with Crippen LogP contribution in [0.2, 0.25) is 0 Å². The van der Waals surface area contributed by atoms with Gasteiger partial charge in [0.15, 0.2) is 11.5 Å². The Balaban J connectivity index is 2.10. The lowest BCUT2D eigenvalue weighted by Crippen LogP contribution is -2.24. The summed E-state index contributed by atoms with van der Waals surface area (Å²) in [4.78, 5) is 16.1. The Hall–Kier alpha value is -2.34. The summed E-state index contributed by atoms with van der Waals surface area (Å²) >= 11 is 3.21. The van der Waals surface area contributed by atoms with Gasteiger partial charge in [-0.15, -0.1) is 0 Å². The number of hydrogen-bond donors (Lipinski definition) is 1. The van der Waals surface area contributed by atoms with E-state index in [1.807, 2.05) is 19.1 Å². The lowest BCUT2D eigenvalue weighted by Gasteiger charge is -2.13. The Kier molecular flexibility index (Phi) is 6.81. The van der Waals surface area contributed by atoms with Crippen molar-refractivity contribution in [3.05, 3.63) is 64.9 Å².